The number of sulfone groups is 1. The molecule has 1 atom stereocenters. The molecular formula is C23H20ClNO3S. The normalized spacial score (nSPS) is 16.3. The molecule has 0 saturated carbocycles. The second kappa shape index (κ2) is 7.65. The zero-order chi connectivity index (χ0) is 20.6. The second-order valence-corrected chi connectivity index (χ2v) is 9.68. The second-order valence-electron chi connectivity index (χ2n) is 7.26. The number of halogens is 1. The van der Waals surface area contributed by atoms with Gasteiger partial charge in [-0.1, -0.05) is 66.2 Å². The molecule has 3 aromatic rings. The van der Waals surface area contributed by atoms with Crippen molar-refractivity contribution in [2.75, 3.05) is 12.8 Å². The first-order chi connectivity index (χ1) is 13.8. The van der Waals surface area contributed by atoms with Gasteiger partial charge >= 0.3 is 0 Å². The monoisotopic (exact) mass is 425 g/mol. The molecule has 0 fully saturated rings. The van der Waals surface area contributed by atoms with Gasteiger partial charge in [-0.15, -0.1) is 0 Å². The van der Waals surface area contributed by atoms with E-state index in [-0.39, 0.29) is 27.3 Å². The lowest BCUT2D eigenvalue weighted by molar-refractivity contribution is 0.0725. The Bertz CT molecular complexity index is 1180. The highest BCUT2D eigenvalue weighted by Gasteiger charge is 2.30. The first-order valence-electron chi connectivity index (χ1n) is 9.26. The lowest BCUT2D eigenvalue weighted by atomic mass is 9.84. The highest BCUT2D eigenvalue weighted by Crippen LogP contribution is 2.34. The Morgan fingerprint density at radius 2 is 1.69 bits per heavy atom. The summed E-state index contributed by atoms with van der Waals surface area (Å²) < 4.78 is 23.9. The van der Waals surface area contributed by atoms with Crippen LogP contribution in [0.1, 0.15) is 33.0 Å². The smallest absolute Gasteiger partial charge is 0.255 e. The van der Waals surface area contributed by atoms with Crippen LogP contribution in [-0.4, -0.2) is 32.0 Å². The van der Waals surface area contributed by atoms with Crippen molar-refractivity contribution in [3.63, 3.8) is 0 Å². The maximum atomic E-state index is 13.3. The molecule has 0 aromatic heterocycles. The van der Waals surface area contributed by atoms with Gasteiger partial charge in [0.05, 0.1) is 15.5 Å². The molecule has 6 heteroatoms. The molecule has 0 N–H and O–H groups in total. The summed E-state index contributed by atoms with van der Waals surface area (Å²) in [6.45, 7) is 0.955. The van der Waals surface area contributed by atoms with E-state index in [0.29, 0.717) is 13.1 Å². The van der Waals surface area contributed by atoms with E-state index in [1.165, 1.54) is 23.8 Å². The van der Waals surface area contributed by atoms with Gasteiger partial charge < -0.3 is 4.90 Å². The Labute approximate surface area is 175 Å². The molecule has 4 rings (SSSR count). The van der Waals surface area contributed by atoms with Crippen molar-refractivity contribution < 1.29 is 13.2 Å². The van der Waals surface area contributed by atoms with Gasteiger partial charge in [-0.2, -0.15) is 0 Å². The van der Waals surface area contributed by atoms with E-state index in [4.69, 9.17) is 11.6 Å². The molecule has 0 bridgehead atoms. The minimum Gasteiger partial charge on any atom is -0.333 e. The quantitative estimate of drug-likeness (QED) is 0.619. The molecule has 29 heavy (non-hydrogen) atoms. The van der Waals surface area contributed by atoms with Crippen molar-refractivity contribution in [2.24, 2.45) is 0 Å². The van der Waals surface area contributed by atoms with E-state index < -0.39 is 9.84 Å². The minimum atomic E-state index is -3.44. The first-order valence-corrected chi connectivity index (χ1v) is 11.5. The lowest BCUT2D eigenvalue weighted by Crippen LogP contribution is -2.38. The Balaban J connectivity index is 1.74. The SMILES string of the molecule is CS(=O)(=O)c1ccc(Cl)c(C(=O)N2Cc3ccccc3C(c3ccccc3)C2)c1. The van der Waals surface area contributed by atoms with E-state index in [1.54, 1.807) is 4.90 Å². The van der Waals surface area contributed by atoms with E-state index >= 15 is 0 Å². The summed E-state index contributed by atoms with van der Waals surface area (Å²) in [4.78, 5) is 15.2. The highest BCUT2D eigenvalue weighted by molar-refractivity contribution is 7.90. The van der Waals surface area contributed by atoms with Crippen molar-refractivity contribution in [2.45, 2.75) is 17.4 Å². The summed E-state index contributed by atoms with van der Waals surface area (Å²) >= 11 is 6.27. The van der Waals surface area contributed by atoms with Gasteiger partial charge in [0.1, 0.15) is 0 Å². The van der Waals surface area contributed by atoms with E-state index in [1.807, 2.05) is 36.4 Å². The predicted octanol–water partition coefficient (Wildman–Crippen LogP) is 4.53. The topological polar surface area (TPSA) is 54.5 Å². The molecule has 1 aliphatic rings. The first kappa shape index (κ1) is 19.7. The largest absolute Gasteiger partial charge is 0.333 e. The number of hydrogen-bond donors (Lipinski definition) is 0. The van der Waals surface area contributed by atoms with Crippen LogP contribution < -0.4 is 0 Å². The number of rotatable bonds is 3. The average molecular weight is 426 g/mol. The van der Waals surface area contributed by atoms with Gasteiger partial charge in [-0.05, 0) is 34.9 Å². The standard InChI is InChI=1S/C23H20ClNO3S/c1-29(27,28)18-11-12-22(24)20(13-18)23(26)25-14-17-9-5-6-10-19(17)21(15-25)16-7-3-2-4-8-16/h2-13,21H,14-15H2,1H3. The maximum absolute atomic E-state index is 13.3. The van der Waals surface area contributed by atoms with Gasteiger partial charge in [-0.25, -0.2) is 8.42 Å². The lowest BCUT2D eigenvalue weighted by Gasteiger charge is -2.35. The van der Waals surface area contributed by atoms with E-state index in [0.717, 1.165) is 17.4 Å². The molecule has 1 amide bonds. The number of amides is 1. The third kappa shape index (κ3) is 3.93. The number of hydrogen-bond acceptors (Lipinski definition) is 3. The van der Waals surface area contributed by atoms with Crippen LogP contribution in [0, 0.1) is 0 Å². The van der Waals surface area contributed by atoms with Crippen molar-refractivity contribution in [1.82, 2.24) is 4.90 Å². The van der Waals surface area contributed by atoms with Crippen LogP contribution in [0.3, 0.4) is 0 Å². The van der Waals surface area contributed by atoms with Gasteiger partial charge in [0.2, 0.25) is 0 Å². The van der Waals surface area contributed by atoms with Crippen LogP contribution in [0.15, 0.2) is 77.7 Å². The molecular weight excluding hydrogens is 406 g/mol. The molecule has 148 valence electrons. The van der Waals surface area contributed by atoms with E-state index in [9.17, 15) is 13.2 Å². The van der Waals surface area contributed by atoms with Crippen molar-refractivity contribution in [1.29, 1.82) is 0 Å². The fourth-order valence-electron chi connectivity index (χ4n) is 3.80. The van der Waals surface area contributed by atoms with Crippen LogP contribution in [-0.2, 0) is 16.4 Å². The summed E-state index contributed by atoms with van der Waals surface area (Å²) in [7, 11) is -3.44. The fraction of sp³-hybridized carbons (Fsp3) is 0.174. The molecule has 1 unspecified atom stereocenters. The molecule has 4 nitrogen and oxygen atoms in total. The number of carbonyl (C=O) groups excluding carboxylic acids is 1. The molecule has 0 radical (unpaired) electrons. The third-order valence-electron chi connectivity index (χ3n) is 5.28. The van der Waals surface area contributed by atoms with Crippen molar-refractivity contribution in [3.8, 4) is 0 Å². The minimum absolute atomic E-state index is 0.0435. The molecule has 0 saturated heterocycles. The third-order valence-corrected chi connectivity index (χ3v) is 6.72. The molecule has 3 aromatic carbocycles. The molecule has 0 aliphatic carbocycles. The number of nitrogens with zero attached hydrogens (tertiary/aromatic N) is 1. The van der Waals surface area contributed by atoms with E-state index in [2.05, 4.69) is 18.2 Å². The zero-order valence-electron chi connectivity index (χ0n) is 15.9. The van der Waals surface area contributed by atoms with Crippen LogP contribution in [0.25, 0.3) is 0 Å². The summed E-state index contributed by atoms with van der Waals surface area (Å²) in [5, 5.41) is 0.248. The van der Waals surface area contributed by atoms with Crippen molar-refractivity contribution >= 4 is 27.3 Å². The van der Waals surface area contributed by atoms with Gasteiger partial charge in [0, 0.05) is 25.3 Å². The van der Waals surface area contributed by atoms with Crippen LogP contribution in [0.2, 0.25) is 5.02 Å². The summed E-state index contributed by atoms with van der Waals surface area (Å²) in [6, 6.07) is 22.5. The van der Waals surface area contributed by atoms with Crippen LogP contribution in [0.4, 0.5) is 0 Å². The Morgan fingerprint density at radius 3 is 2.41 bits per heavy atom. The molecule has 1 aliphatic heterocycles. The van der Waals surface area contributed by atoms with Crippen LogP contribution >= 0.6 is 11.6 Å². The van der Waals surface area contributed by atoms with Crippen molar-refractivity contribution in [3.05, 3.63) is 100 Å². The number of carbonyl (C=O) groups is 1. The maximum Gasteiger partial charge on any atom is 0.255 e. The zero-order valence-corrected chi connectivity index (χ0v) is 17.5. The van der Waals surface area contributed by atoms with Gasteiger partial charge in [-0.3, -0.25) is 4.79 Å². The Morgan fingerprint density at radius 1 is 1.00 bits per heavy atom. The fourth-order valence-corrected chi connectivity index (χ4v) is 4.65. The predicted molar refractivity (Wildman–Crippen MR) is 114 cm³/mol. The Hall–Kier alpha value is -2.63. The number of benzene rings is 3. The number of fused-ring (bicyclic) bond motifs is 1. The average Bonchev–Trinajstić information content (AvgIpc) is 2.72. The Kier molecular flexibility index (Phi) is 5.19. The van der Waals surface area contributed by atoms with Gasteiger partial charge in [0.15, 0.2) is 9.84 Å². The van der Waals surface area contributed by atoms with Crippen LogP contribution in [0.5, 0.6) is 0 Å². The van der Waals surface area contributed by atoms with Gasteiger partial charge in [0.25, 0.3) is 5.91 Å². The highest BCUT2D eigenvalue weighted by atomic mass is 35.5. The molecule has 0 spiro atoms. The summed E-state index contributed by atoms with van der Waals surface area (Å²) in [5.74, 6) is -0.224. The summed E-state index contributed by atoms with van der Waals surface area (Å²) in [6.07, 6.45) is 1.12. The summed E-state index contributed by atoms with van der Waals surface area (Å²) in [5.41, 5.74) is 3.63. The molecule has 1 heterocycles.